The van der Waals surface area contributed by atoms with Crippen molar-refractivity contribution in [2.45, 2.75) is 90.9 Å². The van der Waals surface area contributed by atoms with E-state index < -0.39 is 11.6 Å². The standard InChI is InChI=1S/C25H38F2O/c1-4-6-18-7-9-19(10-8-18)17(3)20-11-13-21(14-12-20)22-15-16-23(28-5-2)25(27)24(22)26/h15-21H,4-14H2,1-3H3/t17?,18?,19?,20-,21-. The van der Waals surface area contributed by atoms with Crippen LogP contribution in [0.15, 0.2) is 12.1 Å². The number of hydrogen-bond acceptors (Lipinski definition) is 1. The molecule has 3 heteroatoms. The lowest BCUT2D eigenvalue weighted by atomic mass is 9.66. The average molecular weight is 393 g/mol. The molecule has 0 N–H and O–H groups in total. The number of hydrogen-bond donors (Lipinski definition) is 0. The van der Waals surface area contributed by atoms with Crippen LogP contribution in [0.3, 0.4) is 0 Å². The van der Waals surface area contributed by atoms with Crippen LogP contribution in [0.5, 0.6) is 5.75 Å². The van der Waals surface area contributed by atoms with Crippen molar-refractivity contribution < 1.29 is 13.5 Å². The summed E-state index contributed by atoms with van der Waals surface area (Å²) >= 11 is 0. The Morgan fingerprint density at radius 1 is 0.893 bits per heavy atom. The summed E-state index contributed by atoms with van der Waals surface area (Å²) in [6.07, 6.45) is 12.6. The summed E-state index contributed by atoms with van der Waals surface area (Å²) in [5, 5.41) is 0. The highest BCUT2D eigenvalue weighted by Gasteiger charge is 2.33. The molecule has 2 aliphatic carbocycles. The Balaban J connectivity index is 1.54. The Morgan fingerprint density at radius 2 is 1.50 bits per heavy atom. The lowest BCUT2D eigenvalue weighted by Crippen LogP contribution is -2.28. The molecule has 0 bridgehead atoms. The fraction of sp³-hybridized carbons (Fsp3) is 0.760. The van der Waals surface area contributed by atoms with Gasteiger partial charge >= 0.3 is 0 Å². The Morgan fingerprint density at radius 3 is 2.07 bits per heavy atom. The summed E-state index contributed by atoms with van der Waals surface area (Å²) in [6.45, 7) is 6.88. The van der Waals surface area contributed by atoms with E-state index in [4.69, 9.17) is 4.74 Å². The Hall–Kier alpha value is -1.12. The van der Waals surface area contributed by atoms with E-state index >= 15 is 0 Å². The van der Waals surface area contributed by atoms with Crippen LogP contribution >= 0.6 is 0 Å². The van der Waals surface area contributed by atoms with Crippen molar-refractivity contribution in [3.05, 3.63) is 29.3 Å². The van der Waals surface area contributed by atoms with Crippen molar-refractivity contribution in [3.8, 4) is 5.75 Å². The topological polar surface area (TPSA) is 9.23 Å². The third-order valence-corrected chi connectivity index (χ3v) is 7.66. The van der Waals surface area contributed by atoms with Gasteiger partial charge in [0.1, 0.15) is 0 Å². The first-order chi connectivity index (χ1) is 13.5. The van der Waals surface area contributed by atoms with E-state index in [9.17, 15) is 8.78 Å². The van der Waals surface area contributed by atoms with E-state index in [2.05, 4.69) is 13.8 Å². The predicted molar refractivity (Wildman–Crippen MR) is 112 cm³/mol. The monoisotopic (exact) mass is 392 g/mol. The lowest BCUT2D eigenvalue weighted by molar-refractivity contribution is 0.131. The van der Waals surface area contributed by atoms with Crippen LogP contribution in [0.2, 0.25) is 0 Å². The van der Waals surface area contributed by atoms with Gasteiger partial charge in [0.25, 0.3) is 0 Å². The second kappa shape index (κ2) is 10.1. The molecule has 0 aromatic heterocycles. The molecule has 1 unspecified atom stereocenters. The van der Waals surface area contributed by atoms with Crippen molar-refractivity contribution in [1.29, 1.82) is 0 Å². The molecular formula is C25H38F2O. The maximum atomic E-state index is 14.6. The first-order valence-corrected chi connectivity index (χ1v) is 11.7. The molecule has 2 fully saturated rings. The SMILES string of the molecule is CCCC1CCC(C(C)[C@H]2CC[C@H](c3ccc(OCC)c(F)c3F)CC2)CC1. The van der Waals surface area contributed by atoms with Crippen LogP contribution in [0.25, 0.3) is 0 Å². The Bertz CT molecular complexity index is 613. The minimum absolute atomic E-state index is 0.0322. The molecule has 2 saturated carbocycles. The van der Waals surface area contributed by atoms with Crippen LogP contribution in [-0.4, -0.2) is 6.61 Å². The van der Waals surface area contributed by atoms with Crippen LogP contribution in [0.4, 0.5) is 8.78 Å². The molecule has 0 aliphatic heterocycles. The smallest absolute Gasteiger partial charge is 0.200 e. The minimum Gasteiger partial charge on any atom is -0.491 e. The van der Waals surface area contributed by atoms with Gasteiger partial charge in [-0.2, -0.15) is 4.39 Å². The van der Waals surface area contributed by atoms with Gasteiger partial charge in [-0.15, -0.1) is 0 Å². The van der Waals surface area contributed by atoms with E-state index in [1.807, 2.05) is 0 Å². The van der Waals surface area contributed by atoms with Gasteiger partial charge in [-0.05, 0) is 86.7 Å². The molecule has 0 radical (unpaired) electrons. The average Bonchev–Trinajstić information content (AvgIpc) is 2.72. The summed E-state index contributed by atoms with van der Waals surface area (Å²) < 4.78 is 34.0. The van der Waals surface area contributed by atoms with E-state index in [-0.39, 0.29) is 11.7 Å². The molecule has 1 nitrogen and oxygen atoms in total. The van der Waals surface area contributed by atoms with Gasteiger partial charge in [0.05, 0.1) is 6.61 Å². The van der Waals surface area contributed by atoms with Crippen molar-refractivity contribution in [2.24, 2.45) is 23.7 Å². The molecule has 158 valence electrons. The van der Waals surface area contributed by atoms with Crippen LogP contribution < -0.4 is 4.74 Å². The first kappa shape index (κ1) is 21.6. The van der Waals surface area contributed by atoms with Crippen molar-refractivity contribution in [2.75, 3.05) is 6.61 Å². The van der Waals surface area contributed by atoms with E-state index in [1.165, 1.54) is 38.5 Å². The number of halogens is 2. The molecule has 2 aliphatic rings. The zero-order valence-corrected chi connectivity index (χ0v) is 18.0. The van der Waals surface area contributed by atoms with Gasteiger partial charge in [0, 0.05) is 0 Å². The molecule has 0 spiro atoms. The van der Waals surface area contributed by atoms with Crippen LogP contribution in [0.1, 0.15) is 96.5 Å². The third kappa shape index (κ3) is 4.89. The minimum atomic E-state index is -0.821. The molecule has 0 heterocycles. The fourth-order valence-electron chi connectivity index (χ4n) is 5.88. The van der Waals surface area contributed by atoms with Crippen molar-refractivity contribution in [1.82, 2.24) is 0 Å². The van der Waals surface area contributed by atoms with Crippen molar-refractivity contribution >= 4 is 0 Å². The number of ether oxygens (including phenoxy) is 1. The van der Waals surface area contributed by atoms with Gasteiger partial charge in [0.2, 0.25) is 5.82 Å². The molecule has 0 amide bonds. The summed E-state index contributed by atoms with van der Waals surface area (Å²) in [6, 6.07) is 3.34. The van der Waals surface area contributed by atoms with E-state index in [1.54, 1.807) is 19.1 Å². The van der Waals surface area contributed by atoms with Gasteiger partial charge < -0.3 is 4.74 Å². The molecule has 1 atom stereocenters. The third-order valence-electron chi connectivity index (χ3n) is 7.66. The Labute approximate surface area is 170 Å². The molecule has 1 aromatic carbocycles. The quantitative estimate of drug-likeness (QED) is 0.458. The Kier molecular flexibility index (Phi) is 7.77. The highest BCUT2D eigenvalue weighted by molar-refractivity contribution is 5.33. The normalized spacial score (nSPS) is 29.5. The lowest BCUT2D eigenvalue weighted by Gasteiger charge is -2.39. The van der Waals surface area contributed by atoms with Gasteiger partial charge in [-0.3, -0.25) is 0 Å². The molecule has 1 aromatic rings. The first-order valence-electron chi connectivity index (χ1n) is 11.7. The van der Waals surface area contributed by atoms with Gasteiger partial charge in [0.15, 0.2) is 11.6 Å². The molecule has 28 heavy (non-hydrogen) atoms. The second-order valence-corrected chi connectivity index (χ2v) is 9.25. The summed E-state index contributed by atoms with van der Waals surface area (Å²) in [5.41, 5.74) is 0.548. The van der Waals surface area contributed by atoms with Gasteiger partial charge in [-0.25, -0.2) is 4.39 Å². The summed E-state index contributed by atoms with van der Waals surface area (Å²) in [5.74, 6) is 2.01. The van der Waals surface area contributed by atoms with Gasteiger partial charge in [-0.1, -0.05) is 45.6 Å². The van der Waals surface area contributed by atoms with E-state index in [0.717, 1.165) is 49.4 Å². The summed E-state index contributed by atoms with van der Waals surface area (Å²) in [7, 11) is 0. The fourth-order valence-corrected chi connectivity index (χ4v) is 5.88. The number of benzene rings is 1. The van der Waals surface area contributed by atoms with Crippen LogP contribution in [-0.2, 0) is 0 Å². The number of rotatable bonds is 7. The van der Waals surface area contributed by atoms with E-state index in [0.29, 0.717) is 12.2 Å². The zero-order valence-electron chi connectivity index (χ0n) is 18.0. The highest BCUT2D eigenvalue weighted by atomic mass is 19.2. The molecular weight excluding hydrogens is 354 g/mol. The summed E-state index contributed by atoms with van der Waals surface area (Å²) in [4.78, 5) is 0. The second-order valence-electron chi connectivity index (χ2n) is 9.25. The largest absolute Gasteiger partial charge is 0.491 e. The predicted octanol–water partition coefficient (Wildman–Crippen LogP) is 7.88. The maximum Gasteiger partial charge on any atom is 0.200 e. The highest BCUT2D eigenvalue weighted by Crippen LogP contribution is 2.45. The maximum absolute atomic E-state index is 14.6. The van der Waals surface area contributed by atoms with Crippen molar-refractivity contribution in [3.63, 3.8) is 0 Å². The van der Waals surface area contributed by atoms with Crippen LogP contribution in [0, 0.1) is 35.3 Å². The molecule has 0 saturated heterocycles. The zero-order chi connectivity index (χ0) is 20.1. The molecule has 3 rings (SSSR count).